The lowest BCUT2D eigenvalue weighted by Gasteiger charge is -2.30. The first-order chi connectivity index (χ1) is 16.1. The van der Waals surface area contributed by atoms with Gasteiger partial charge in [-0.15, -0.1) is 0 Å². The van der Waals surface area contributed by atoms with E-state index in [9.17, 15) is 14.4 Å². The molecule has 0 fully saturated rings. The lowest BCUT2D eigenvalue weighted by molar-refractivity contribution is -0.138. The summed E-state index contributed by atoms with van der Waals surface area (Å²) in [5, 5.41) is 7.18. The van der Waals surface area contributed by atoms with Crippen LogP contribution in [0, 0.1) is 0 Å². The molecule has 1 aliphatic rings. The van der Waals surface area contributed by atoms with Crippen LogP contribution in [0.5, 0.6) is 0 Å². The Bertz CT molecular complexity index is 1060. The molecule has 0 saturated carbocycles. The molecular weight excluding hydrogens is 438 g/mol. The van der Waals surface area contributed by atoms with Crippen molar-refractivity contribution in [2.75, 3.05) is 19.7 Å². The highest BCUT2D eigenvalue weighted by Gasteiger charge is 2.32. The molecule has 2 amide bonds. The fourth-order valence-corrected chi connectivity index (χ4v) is 3.52. The molecule has 1 aliphatic heterocycles. The van der Waals surface area contributed by atoms with Crippen LogP contribution in [0.15, 0.2) is 36.5 Å². The van der Waals surface area contributed by atoms with E-state index in [-0.39, 0.29) is 37.5 Å². The van der Waals surface area contributed by atoms with Gasteiger partial charge in [-0.1, -0.05) is 12.6 Å². The lowest BCUT2D eigenvalue weighted by Crippen LogP contribution is -2.41. The molecule has 10 nitrogen and oxygen atoms in total. The van der Waals surface area contributed by atoms with Crippen LogP contribution in [-0.4, -0.2) is 68.2 Å². The minimum atomic E-state index is -0.626. The van der Waals surface area contributed by atoms with Crippen molar-refractivity contribution in [2.45, 2.75) is 52.8 Å². The van der Waals surface area contributed by atoms with Crippen molar-refractivity contribution < 1.29 is 23.9 Å². The molecule has 0 aromatic carbocycles. The molecule has 3 heterocycles. The number of nitrogens with one attached hydrogen (secondary N) is 1. The van der Waals surface area contributed by atoms with E-state index in [1.165, 1.54) is 4.90 Å². The number of esters is 1. The van der Waals surface area contributed by atoms with Gasteiger partial charge in [-0.2, -0.15) is 5.10 Å². The molecule has 3 rings (SSSR count). The van der Waals surface area contributed by atoms with E-state index in [1.54, 1.807) is 50.9 Å². The summed E-state index contributed by atoms with van der Waals surface area (Å²) in [6, 6.07) is 5.39. The number of hydrogen-bond acceptors (Lipinski definition) is 7. The van der Waals surface area contributed by atoms with E-state index in [1.807, 2.05) is 6.07 Å². The molecule has 182 valence electrons. The van der Waals surface area contributed by atoms with Gasteiger partial charge in [0.2, 0.25) is 0 Å². The van der Waals surface area contributed by atoms with Gasteiger partial charge in [0.05, 0.1) is 31.9 Å². The zero-order valence-electron chi connectivity index (χ0n) is 20.1. The number of aromatic nitrogens is 3. The molecule has 0 saturated heterocycles. The Morgan fingerprint density at radius 2 is 2.03 bits per heavy atom. The first kappa shape index (κ1) is 24.9. The van der Waals surface area contributed by atoms with Crippen molar-refractivity contribution in [3.8, 4) is 0 Å². The maximum absolute atomic E-state index is 13.6. The third-order valence-electron chi connectivity index (χ3n) is 5.10. The number of nitrogens with zero attached hydrogens (tertiary/aromatic N) is 4. The number of rotatable bonds is 7. The van der Waals surface area contributed by atoms with Gasteiger partial charge in [-0.3, -0.25) is 14.9 Å². The second-order valence-electron chi connectivity index (χ2n) is 8.99. The Hall–Kier alpha value is -3.69. The van der Waals surface area contributed by atoms with E-state index < -0.39 is 23.6 Å². The van der Waals surface area contributed by atoms with Gasteiger partial charge >= 0.3 is 12.1 Å². The smallest absolute Gasteiger partial charge is 0.410 e. The van der Waals surface area contributed by atoms with Gasteiger partial charge in [0, 0.05) is 36.0 Å². The maximum Gasteiger partial charge on any atom is 0.410 e. The van der Waals surface area contributed by atoms with Gasteiger partial charge in [-0.05, 0) is 39.8 Å². The fraction of sp³-hybridized carbons (Fsp3) is 0.458. The van der Waals surface area contributed by atoms with Crippen LogP contribution >= 0.6 is 0 Å². The second kappa shape index (κ2) is 10.5. The van der Waals surface area contributed by atoms with Gasteiger partial charge in [0.1, 0.15) is 5.60 Å². The summed E-state index contributed by atoms with van der Waals surface area (Å²) in [5.41, 5.74) is 1.79. The highest BCUT2D eigenvalue weighted by molar-refractivity contribution is 5.96. The summed E-state index contributed by atoms with van der Waals surface area (Å²) in [4.78, 5) is 45.6. The van der Waals surface area contributed by atoms with Crippen LogP contribution in [0.1, 0.15) is 55.1 Å². The van der Waals surface area contributed by atoms with E-state index in [2.05, 4.69) is 21.8 Å². The number of amides is 2. The third kappa shape index (κ3) is 6.21. The SMILES string of the molecule is C=C(CN(Cc1ccccn1)C(=O)c1n[nH]c2c1CN(C(=O)OC(C)(C)C)CC2)C(=O)OCC. The van der Waals surface area contributed by atoms with E-state index in [0.29, 0.717) is 24.2 Å². The second-order valence-corrected chi connectivity index (χ2v) is 8.99. The van der Waals surface area contributed by atoms with Crippen LogP contribution in [0.3, 0.4) is 0 Å². The van der Waals surface area contributed by atoms with Crippen LogP contribution in [0.25, 0.3) is 0 Å². The summed E-state index contributed by atoms with van der Waals surface area (Å²) in [7, 11) is 0. The monoisotopic (exact) mass is 469 g/mol. The Morgan fingerprint density at radius 1 is 1.26 bits per heavy atom. The molecule has 1 N–H and O–H groups in total. The van der Waals surface area contributed by atoms with Crippen molar-refractivity contribution in [1.29, 1.82) is 0 Å². The first-order valence-corrected chi connectivity index (χ1v) is 11.2. The highest BCUT2D eigenvalue weighted by Crippen LogP contribution is 2.24. The van der Waals surface area contributed by atoms with E-state index in [4.69, 9.17) is 9.47 Å². The van der Waals surface area contributed by atoms with Crippen LogP contribution < -0.4 is 0 Å². The number of ether oxygens (including phenoxy) is 2. The molecule has 2 aromatic rings. The van der Waals surface area contributed by atoms with Crippen LogP contribution in [0.2, 0.25) is 0 Å². The minimum Gasteiger partial charge on any atom is -0.463 e. The number of pyridine rings is 1. The van der Waals surface area contributed by atoms with Crippen LogP contribution in [-0.2, 0) is 33.8 Å². The number of aromatic amines is 1. The van der Waals surface area contributed by atoms with Gasteiger partial charge < -0.3 is 19.3 Å². The third-order valence-corrected chi connectivity index (χ3v) is 5.10. The predicted molar refractivity (Wildman–Crippen MR) is 124 cm³/mol. The molecule has 34 heavy (non-hydrogen) atoms. The lowest BCUT2D eigenvalue weighted by atomic mass is 10.0. The molecule has 2 aromatic heterocycles. The van der Waals surface area contributed by atoms with E-state index in [0.717, 1.165) is 5.69 Å². The van der Waals surface area contributed by atoms with Crippen molar-refractivity contribution in [3.05, 3.63) is 59.2 Å². The van der Waals surface area contributed by atoms with Crippen molar-refractivity contribution >= 4 is 18.0 Å². The maximum atomic E-state index is 13.6. The predicted octanol–water partition coefficient (Wildman–Crippen LogP) is 2.86. The van der Waals surface area contributed by atoms with Crippen molar-refractivity contribution in [1.82, 2.24) is 25.0 Å². The summed E-state index contributed by atoms with van der Waals surface area (Å²) >= 11 is 0. The quantitative estimate of drug-likeness (QED) is 0.489. The normalized spacial score (nSPS) is 13.1. The number of fused-ring (bicyclic) bond motifs is 1. The molecule has 0 aliphatic carbocycles. The largest absolute Gasteiger partial charge is 0.463 e. The van der Waals surface area contributed by atoms with Gasteiger partial charge in [0.25, 0.3) is 5.91 Å². The highest BCUT2D eigenvalue weighted by atomic mass is 16.6. The molecular formula is C24H31N5O5. The van der Waals surface area contributed by atoms with Crippen LogP contribution in [0.4, 0.5) is 4.79 Å². The van der Waals surface area contributed by atoms with E-state index >= 15 is 0 Å². The average Bonchev–Trinajstić information content (AvgIpc) is 3.21. The standard InChI is InChI=1S/C24H31N5O5/c1-6-33-22(31)16(2)13-29(14-17-9-7-8-11-25-17)21(30)20-18-15-28(12-10-19(18)26-27-20)23(32)34-24(3,4)5/h7-9,11H,2,6,10,12-15H2,1,3-5H3,(H,26,27). The van der Waals surface area contributed by atoms with Gasteiger partial charge in [0.15, 0.2) is 5.69 Å². The summed E-state index contributed by atoms with van der Waals surface area (Å²) in [6.45, 7) is 11.9. The van der Waals surface area contributed by atoms with Gasteiger partial charge in [-0.25, -0.2) is 9.59 Å². The van der Waals surface area contributed by atoms with Crippen molar-refractivity contribution in [3.63, 3.8) is 0 Å². The summed E-state index contributed by atoms with van der Waals surface area (Å²) < 4.78 is 10.5. The number of carbonyl (C=O) groups is 3. The molecule has 0 radical (unpaired) electrons. The fourth-order valence-electron chi connectivity index (χ4n) is 3.52. The Labute approximate surface area is 198 Å². The first-order valence-electron chi connectivity index (χ1n) is 11.2. The van der Waals surface area contributed by atoms with Crippen molar-refractivity contribution in [2.24, 2.45) is 0 Å². The molecule has 0 unspecified atom stereocenters. The summed E-state index contributed by atoms with van der Waals surface area (Å²) in [5.74, 6) is -0.971. The molecule has 0 bridgehead atoms. The average molecular weight is 470 g/mol. The zero-order valence-corrected chi connectivity index (χ0v) is 20.1. The Kier molecular flexibility index (Phi) is 7.70. The summed E-state index contributed by atoms with van der Waals surface area (Å²) in [6.07, 6.45) is 1.71. The molecule has 0 spiro atoms. The number of H-pyrrole nitrogens is 1. The number of carbonyl (C=O) groups excluding carboxylic acids is 3. The minimum absolute atomic E-state index is 0.0499. The Balaban J connectivity index is 1.84. The topological polar surface area (TPSA) is 118 Å². The number of hydrogen-bond donors (Lipinski definition) is 1. The molecule has 0 atom stereocenters. The zero-order chi connectivity index (χ0) is 24.9. The Morgan fingerprint density at radius 3 is 2.68 bits per heavy atom. The molecule has 10 heteroatoms.